The van der Waals surface area contributed by atoms with Gasteiger partial charge in [-0.25, -0.2) is 4.98 Å². The van der Waals surface area contributed by atoms with Crippen LogP contribution in [0.2, 0.25) is 0 Å². The highest BCUT2D eigenvalue weighted by Crippen LogP contribution is 2.34. The molecule has 0 atom stereocenters. The molecule has 1 heterocycles. The topological polar surface area (TPSA) is 66.1 Å². The van der Waals surface area contributed by atoms with Crippen molar-refractivity contribution in [2.45, 2.75) is 6.36 Å². The van der Waals surface area contributed by atoms with E-state index in [4.69, 9.17) is 10.4 Å². The van der Waals surface area contributed by atoms with Gasteiger partial charge in [0.25, 0.3) is 0 Å². The number of nitrogens with zero attached hydrogens (tertiary/aromatic N) is 2. The third kappa shape index (κ3) is 2.99. The molecular weight excluding hydrogens is 281 g/mol. The first-order valence-electron chi connectivity index (χ1n) is 3.39. The quantitative estimate of drug-likeness (QED) is 0.803. The van der Waals surface area contributed by atoms with Crippen LogP contribution in [0.25, 0.3) is 0 Å². The van der Waals surface area contributed by atoms with E-state index in [9.17, 15) is 13.2 Å². The standard InChI is InChI=1S/C7H2BrF3N2O2/c8-5-1-4(15-7(9,10)11)6(14)3(2-12)13-5/h1,14H. The van der Waals surface area contributed by atoms with Crippen molar-refractivity contribution in [3.63, 3.8) is 0 Å². The highest BCUT2D eigenvalue weighted by atomic mass is 79.9. The summed E-state index contributed by atoms with van der Waals surface area (Å²) < 4.78 is 38.9. The van der Waals surface area contributed by atoms with Crippen LogP contribution in [0.1, 0.15) is 5.69 Å². The number of aromatic hydroxyl groups is 1. The molecule has 4 nitrogen and oxygen atoms in total. The fourth-order valence-electron chi connectivity index (χ4n) is 0.766. The van der Waals surface area contributed by atoms with Gasteiger partial charge in [-0.15, -0.1) is 13.2 Å². The fraction of sp³-hybridized carbons (Fsp3) is 0.143. The van der Waals surface area contributed by atoms with Crippen molar-refractivity contribution in [1.82, 2.24) is 4.98 Å². The summed E-state index contributed by atoms with van der Waals surface area (Å²) in [5.74, 6) is -1.82. The molecule has 15 heavy (non-hydrogen) atoms. The van der Waals surface area contributed by atoms with Crippen LogP contribution in [0.4, 0.5) is 13.2 Å². The summed E-state index contributed by atoms with van der Waals surface area (Å²) in [4.78, 5) is 3.44. The summed E-state index contributed by atoms with van der Waals surface area (Å²) in [7, 11) is 0. The van der Waals surface area contributed by atoms with E-state index in [1.807, 2.05) is 0 Å². The van der Waals surface area contributed by atoms with Crippen molar-refractivity contribution in [2.75, 3.05) is 0 Å². The van der Waals surface area contributed by atoms with E-state index in [0.29, 0.717) is 0 Å². The zero-order valence-corrected chi connectivity index (χ0v) is 8.43. The molecule has 0 aromatic carbocycles. The highest BCUT2D eigenvalue weighted by Gasteiger charge is 2.33. The summed E-state index contributed by atoms with van der Waals surface area (Å²) >= 11 is 2.77. The van der Waals surface area contributed by atoms with Crippen LogP contribution in [0.5, 0.6) is 11.5 Å². The zero-order chi connectivity index (χ0) is 11.6. The molecule has 0 radical (unpaired) electrons. The number of nitriles is 1. The lowest BCUT2D eigenvalue weighted by atomic mass is 10.3. The number of ether oxygens (including phenoxy) is 1. The number of aromatic nitrogens is 1. The Morgan fingerprint density at radius 3 is 2.60 bits per heavy atom. The Kier molecular flexibility index (Phi) is 3.04. The summed E-state index contributed by atoms with van der Waals surface area (Å²) in [5.41, 5.74) is -0.552. The summed E-state index contributed by atoms with van der Waals surface area (Å²) in [5, 5.41) is 17.6. The Hall–Kier alpha value is -1.49. The van der Waals surface area contributed by atoms with Crippen LogP contribution in [-0.2, 0) is 0 Å². The average Bonchev–Trinajstić information content (AvgIpc) is 2.08. The van der Waals surface area contributed by atoms with Crippen molar-refractivity contribution < 1.29 is 23.0 Å². The van der Waals surface area contributed by atoms with Gasteiger partial charge in [0, 0.05) is 6.07 Å². The Balaban J connectivity index is 3.20. The first-order chi connectivity index (χ1) is 6.83. The van der Waals surface area contributed by atoms with E-state index in [0.717, 1.165) is 6.07 Å². The van der Waals surface area contributed by atoms with Gasteiger partial charge in [-0.05, 0) is 15.9 Å². The third-order valence-electron chi connectivity index (χ3n) is 1.26. The number of halogens is 4. The first-order valence-corrected chi connectivity index (χ1v) is 4.18. The molecule has 0 aliphatic carbocycles. The molecule has 1 aromatic heterocycles. The van der Waals surface area contributed by atoms with Gasteiger partial charge in [0.05, 0.1) is 0 Å². The minimum Gasteiger partial charge on any atom is -0.502 e. The van der Waals surface area contributed by atoms with Gasteiger partial charge in [-0.3, -0.25) is 0 Å². The Morgan fingerprint density at radius 2 is 2.13 bits per heavy atom. The molecule has 0 bridgehead atoms. The van der Waals surface area contributed by atoms with E-state index in [2.05, 4.69) is 25.7 Å². The Bertz CT molecular complexity index is 427. The summed E-state index contributed by atoms with van der Waals surface area (Å²) in [6.07, 6.45) is -4.94. The van der Waals surface area contributed by atoms with E-state index in [1.54, 1.807) is 0 Å². The lowest BCUT2D eigenvalue weighted by Crippen LogP contribution is -2.17. The monoisotopic (exact) mass is 282 g/mol. The average molecular weight is 283 g/mol. The van der Waals surface area contributed by atoms with Gasteiger partial charge >= 0.3 is 6.36 Å². The number of hydrogen-bond acceptors (Lipinski definition) is 4. The molecule has 0 fully saturated rings. The molecule has 0 amide bonds. The number of rotatable bonds is 1. The molecule has 1 N–H and O–H groups in total. The van der Waals surface area contributed by atoms with E-state index in [1.165, 1.54) is 6.07 Å². The number of alkyl halides is 3. The third-order valence-corrected chi connectivity index (χ3v) is 1.66. The summed E-state index contributed by atoms with van der Waals surface area (Å²) in [6, 6.07) is 2.23. The molecule has 0 aliphatic heterocycles. The van der Waals surface area contributed by atoms with Crippen LogP contribution in [0.15, 0.2) is 10.7 Å². The number of pyridine rings is 1. The maximum Gasteiger partial charge on any atom is 0.573 e. The van der Waals surface area contributed by atoms with Gasteiger partial charge in [0.15, 0.2) is 17.2 Å². The number of hydrogen-bond donors (Lipinski definition) is 1. The van der Waals surface area contributed by atoms with Gasteiger partial charge in [0.2, 0.25) is 0 Å². The lowest BCUT2D eigenvalue weighted by molar-refractivity contribution is -0.275. The molecule has 0 aliphatic rings. The molecule has 0 saturated carbocycles. The van der Waals surface area contributed by atoms with Crippen molar-refractivity contribution >= 4 is 15.9 Å². The highest BCUT2D eigenvalue weighted by molar-refractivity contribution is 9.10. The van der Waals surface area contributed by atoms with Crippen LogP contribution >= 0.6 is 15.9 Å². The Morgan fingerprint density at radius 1 is 1.53 bits per heavy atom. The molecule has 1 rings (SSSR count). The SMILES string of the molecule is N#Cc1nc(Br)cc(OC(F)(F)F)c1O. The molecule has 1 aromatic rings. The van der Waals surface area contributed by atoms with E-state index in [-0.39, 0.29) is 4.60 Å². The van der Waals surface area contributed by atoms with Gasteiger partial charge in [-0.1, -0.05) is 0 Å². The largest absolute Gasteiger partial charge is 0.573 e. The Labute approximate surface area is 90.0 Å². The van der Waals surface area contributed by atoms with Crippen LogP contribution in [-0.4, -0.2) is 16.5 Å². The summed E-state index contributed by atoms with van der Waals surface area (Å²) in [6.45, 7) is 0. The van der Waals surface area contributed by atoms with Crippen molar-refractivity contribution in [3.05, 3.63) is 16.4 Å². The van der Waals surface area contributed by atoms with Gasteiger partial charge in [-0.2, -0.15) is 5.26 Å². The molecule has 0 unspecified atom stereocenters. The van der Waals surface area contributed by atoms with Crippen molar-refractivity contribution in [2.24, 2.45) is 0 Å². The molecular formula is C7H2BrF3N2O2. The zero-order valence-electron chi connectivity index (χ0n) is 6.84. The normalized spacial score (nSPS) is 10.9. The second kappa shape index (κ2) is 3.94. The van der Waals surface area contributed by atoms with Crippen molar-refractivity contribution in [1.29, 1.82) is 5.26 Å². The van der Waals surface area contributed by atoms with E-state index >= 15 is 0 Å². The van der Waals surface area contributed by atoms with Crippen LogP contribution in [0.3, 0.4) is 0 Å². The molecule has 0 saturated heterocycles. The van der Waals surface area contributed by atoms with Crippen LogP contribution in [0, 0.1) is 11.3 Å². The van der Waals surface area contributed by atoms with Gasteiger partial charge < -0.3 is 9.84 Å². The lowest BCUT2D eigenvalue weighted by Gasteiger charge is -2.10. The molecule has 80 valence electrons. The van der Waals surface area contributed by atoms with Crippen molar-refractivity contribution in [3.8, 4) is 17.6 Å². The predicted molar refractivity (Wildman–Crippen MR) is 45.0 cm³/mol. The second-order valence-corrected chi connectivity index (χ2v) is 3.11. The van der Waals surface area contributed by atoms with Crippen LogP contribution < -0.4 is 4.74 Å². The fourth-order valence-corrected chi connectivity index (χ4v) is 1.15. The second-order valence-electron chi connectivity index (χ2n) is 2.30. The smallest absolute Gasteiger partial charge is 0.502 e. The minimum absolute atomic E-state index is 0.0453. The molecule has 0 spiro atoms. The maximum absolute atomic E-state index is 11.8. The predicted octanol–water partition coefficient (Wildman–Crippen LogP) is 2.32. The van der Waals surface area contributed by atoms with E-state index < -0.39 is 23.6 Å². The molecule has 8 heteroatoms. The first kappa shape index (κ1) is 11.6. The maximum atomic E-state index is 11.8. The minimum atomic E-state index is -4.94. The van der Waals surface area contributed by atoms with Gasteiger partial charge in [0.1, 0.15) is 10.7 Å².